The van der Waals surface area contributed by atoms with Gasteiger partial charge in [0.2, 0.25) is 5.95 Å². The quantitative estimate of drug-likeness (QED) is 0.703. The van der Waals surface area contributed by atoms with Crippen molar-refractivity contribution in [3.63, 3.8) is 0 Å². The summed E-state index contributed by atoms with van der Waals surface area (Å²) in [7, 11) is 0. The Labute approximate surface area is 90.1 Å². The zero-order chi connectivity index (χ0) is 10.8. The molecule has 0 unspecified atom stereocenters. The molecule has 0 radical (unpaired) electrons. The van der Waals surface area contributed by atoms with Gasteiger partial charge in [-0.25, -0.2) is 9.97 Å². The van der Waals surface area contributed by atoms with E-state index in [2.05, 4.69) is 30.7 Å². The molecule has 1 heterocycles. The van der Waals surface area contributed by atoms with Crippen molar-refractivity contribution in [1.29, 1.82) is 0 Å². The molecule has 0 aromatic carbocycles. The average Bonchev–Trinajstić information content (AvgIpc) is 2.48. The van der Waals surface area contributed by atoms with E-state index < -0.39 is 0 Å². The monoisotopic (exact) mass is 203 g/mol. The Balaban J connectivity index is 2.29. The Kier molecular flexibility index (Phi) is 1.42. The number of rotatable bonds is 0. The molecule has 2 atom stereocenters. The summed E-state index contributed by atoms with van der Waals surface area (Å²) in [5, 5.41) is 0. The summed E-state index contributed by atoms with van der Waals surface area (Å²) >= 11 is 0. The lowest BCUT2D eigenvalue weighted by Gasteiger charge is -2.34. The van der Waals surface area contributed by atoms with Gasteiger partial charge in [-0.2, -0.15) is 0 Å². The third kappa shape index (κ3) is 0.829. The Morgan fingerprint density at radius 1 is 1.40 bits per heavy atom. The van der Waals surface area contributed by atoms with Gasteiger partial charge in [-0.3, -0.25) is 0 Å². The molecule has 3 rings (SSSR count). The maximum atomic E-state index is 5.69. The van der Waals surface area contributed by atoms with Gasteiger partial charge < -0.3 is 5.73 Å². The van der Waals surface area contributed by atoms with E-state index in [1.54, 1.807) is 0 Å². The minimum atomic E-state index is 0.198. The molecule has 1 aromatic rings. The van der Waals surface area contributed by atoms with Crippen molar-refractivity contribution in [2.75, 3.05) is 5.73 Å². The van der Waals surface area contributed by atoms with Crippen LogP contribution in [0.4, 0.5) is 5.95 Å². The topological polar surface area (TPSA) is 51.8 Å². The zero-order valence-electron chi connectivity index (χ0n) is 9.54. The maximum Gasteiger partial charge on any atom is 0.220 e. The number of nitrogens with zero attached hydrogens (tertiary/aromatic N) is 2. The molecule has 1 saturated carbocycles. The summed E-state index contributed by atoms with van der Waals surface area (Å²) in [4.78, 5) is 8.60. The second kappa shape index (κ2) is 2.34. The largest absolute Gasteiger partial charge is 0.368 e. The first-order chi connectivity index (χ1) is 6.97. The summed E-state index contributed by atoms with van der Waals surface area (Å²) in [5.74, 6) is 1.04. The van der Waals surface area contributed by atoms with E-state index in [1.807, 2.05) is 6.20 Å². The molecule has 2 aliphatic rings. The fourth-order valence-electron chi connectivity index (χ4n) is 3.57. The van der Waals surface area contributed by atoms with Gasteiger partial charge in [-0.05, 0) is 29.7 Å². The van der Waals surface area contributed by atoms with E-state index in [4.69, 9.17) is 5.73 Å². The van der Waals surface area contributed by atoms with E-state index in [-0.39, 0.29) is 5.41 Å². The van der Waals surface area contributed by atoms with Crippen molar-refractivity contribution in [2.24, 2.45) is 5.41 Å². The molecule has 0 amide bonds. The van der Waals surface area contributed by atoms with Crippen molar-refractivity contribution in [3.8, 4) is 0 Å². The van der Waals surface area contributed by atoms with Crippen LogP contribution in [0.2, 0.25) is 0 Å². The average molecular weight is 203 g/mol. The Morgan fingerprint density at radius 3 is 2.87 bits per heavy atom. The van der Waals surface area contributed by atoms with Gasteiger partial charge >= 0.3 is 0 Å². The van der Waals surface area contributed by atoms with Gasteiger partial charge in [0, 0.05) is 11.6 Å². The van der Waals surface area contributed by atoms with Crippen LogP contribution in [-0.2, 0) is 5.41 Å². The molecule has 1 aromatic heterocycles. The van der Waals surface area contributed by atoms with E-state index >= 15 is 0 Å². The summed E-state index contributed by atoms with van der Waals surface area (Å²) < 4.78 is 0. The molecular weight excluding hydrogens is 186 g/mol. The first-order valence-corrected chi connectivity index (χ1v) is 5.60. The SMILES string of the molecule is CC1(C)[C@@H]2CC[C@@]1(C)c1nc(N)ncc12. The Bertz CT molecular complexity index is 438. The lowest BCUT2D eigenvalue weighted by Crippen LogP contribution is -2.32. The second-order valence-electron chi connectivity index (χ2n) is 5.68. The predicted octanol–water partition coefficient (Wildman–Crippen LogP) is 2.23. The number of aromatic nitrogens is 2. The highest BCUT2D eigenvalue weighted by atomic mass is 15.0. The van der Waals surface area contributed by atoms with Crippen molar-refractivity contribution in [1.82, 2.24) is 9.97 Å². The minimum Gasteiger partial charge on any atom is -0.368 e. The molecule has 3 heteroatoms. The summed E-state index contributed by atoms with van der Waals surface area (Å²) in [6.45, 7) is 7.02. The van der Waals surface area contributed by atoms with E-state index in [9.17, 15) is 0 Å². The Hall–Kier alpha value is -1.12. The van der Waals surface area contributed by atoms with E-state index in [0.717, 1.165) is 0 Å². The van der Waals surface area contributed by atoms with Crippen LogP contribution >= 0.6 is 0 Å². The normalized spacial score (nSPS) is 35.5. The van der Waals surface area contributed by atoms with Crippen molar-refractivity contribution < 1.29 is 0 Å². The number of hydrogen-bond donors (Lipinski definition) is 1. The fraction of sp³-hybridized carbons (Fsp3) is 0.667. The van der Waals surface area contributed by atoms with Gasteiger partial charge in [-0.15, -0.1) is 0 Å². The Morgan fingerprint density at radius 2 is 2.13 bits per heavy atom. The molecule has 0 aliphatic heterocycles. The summed E-state index contributed by atoms with van der Waals surface area (Å²) in [6.07, 6.45) is 4.44. The van der Waals surface area contributed by atoms with Gasteiger partial charge in [0.1, 0.15) is 0 Å². The van der Waals surface area contributed by atoms with E-state index in [1.165, 1.54) is 24.1 Å². The minimum absolute atomic E-state index is 0.198. The second-order valence-corrected chi connectivity index (χ2v) is 5.68. The molecular formula is C12H17N3. The number of fused-ring (bicyclic) bond motifs is 5. The molecule has 80 valence electrons. The van der Waals surface area contributed by atoms with Crippen LogP contribution in [0.3, 0.4) is 0 Å². The molecule has 15 heavy (non-hydrogen) atoms. The summed E-state index contributed by atoms with van der Waals surface area (Å²) in [5.41, 5.74) is 8.73. The van der Waals surface area contributed by atoms with Crippen LogP contribution in [0.25, 0.3) is 0 Å². The highest BCUT2D eigenvalue weighted by Gasteiger charge is 2.60. The van der Waals surface area contributed by atoms with Gasteiger partial charge in [-0.1, -0.05) is 20.8 Å². The van der Waals surface area contributed by atoms with Crippen LogP contribution in [-0.4, -0.2) is 9.97 Å². The number of anilines is 1. The maximum absolute atomic E-state index is 5.69. The molecule has 1 fully saturated rings. The lowest BCUT2D eigenvalue weighted by molar-refractivity contribution is 0.227. The van der Waals surface area contributed by atoms with E-state index in [0.29, 0.717) is 17.3 Å². The number of hydrogen-bond acceptors (Lipinski definition) is 3. The molecule has 0 spiro atoms. The number of nitrogens with two attached hydrogens (primary N) is 1. The molecule has 2 bridgehead atoms. The van der Waals surface area contributed by atoms with Crippen molar-refractivity contribution >= 4 is 5.95 Å². The van der Waals surface area contributed by atoms with Crippen LogP contribution < -0.4 is 5.73 Å². The third-order valence-electron chi connectivity index (χ3n) is 4.96. The predicted molar refractivity (Wildman–Crippen MR) is 59.6 cm³/mol. The smallest absolute Gasteiger partial charge is 0.220 e. The van der Waals surface area contributed by atoms with Gasteiger partial charge in [0.15, 0.2) is 0 Å². The van der Waals surface area contributed by atoms with Crippen LogP contribution in [0.5, 0.6) is 0 Å². The van der Waals surface area contributed by atoms with Gasteiger partial charge in [0.25, 0.3) is 0 Å². The zero-order valence-corrected chi connectivity index (χ0v) is 9.54. The lowest BCUT2D eigenvalue weighted by atomic mass is 9.70. The fourth-order valence-corrected chi connectivity index (χ4v) is 3.57. The van der Waals surface area contributed by atoms with Gasteiger partial charge in [0.05, 0.1) is 5.69 Å². The van der Waals surface area contributed by atoms with Crippen LogP contribution in [0, 0.1) is 5.41 Å². The highest BCUT2D eigenvalue weighted by Crippen LogP contribution is 2.66. The third-order valence-corrected chi connectivity index (χ3v) is 4.96. The van der Waals surface area contributed by atoms with Crippen LogP contribution in [0.1, 0.15) is 50.8 Å². The molecule has 3 nitrogen and oxygen atoms in total. The first kappa shape index (κ1) is 9.13. The van der Waals surface area contributed by atoms with Crippen molar-refractivity contribution in [2.45, 2.75) is 44.9 Å². The van der Waals surface area contributed by atoms with Crippen molar-refractivity contribution in [3.05, 3.63) is 17.5 Å². The molecule has 2 N–H and O–H groups in total. The standard InChI is InChI=1S/C12H17N3/c1-11(2)8-4-5-12(11,3)9-7(8)6-14-10(13)15-9/h6,8H,4-5H2,1-3H3,(H2,13,14,15)/t8-,12+/m1/s1. The molecule has 0 saturated heterocycles. The molecule has 2 aliphatic carbocycles. The first-order valence-electron chi connectivity index (χ1n) is 5.60. The number of nitrogen functional groups attached to an aromatic ring is 1. The highest BCUT2D eigenvalue weighted by molar-refractivity contribution is 5.45. The van der Waals surface area contributed by atoms with Crippen LogP contribution in [0.15, 0.2) is 6.20 Å². The summed E-state index contributed by atoms with van der Waals surface area (Å²) in [6, 6.07) is 0.